The summed E-state index contributed by atoms with van der Waals surface area (Å²) in [5.74, 6) is -0.214. The van der Waals surface area contributed by atoms with Crippen molar-refractivity contribution in [1.82, 2.24) is 14.9 Å². The topological polar surface area (TPSA) is 78.5 Å². The zero-order chi connectivity index (χ0) is 20.7. The molecule has 0 spiro atoms. The predicted molar refractivity (Wildman–Crippen MR) is 115 cm³/mol. The summed E-state index contributed by atoms with van der Waals surface area (Å²) in [6.07, 6.45) is 9.78. The molecule has 162 valence electrons. The second kappa shape index (κ2) is 10.5. The number of hydrogen-bond acceptors (Lipinski definition) is 4. The Morgan fingerprint density at radius 3 is 2.62 bits per heavy atom. The molecule has 6 nitrogen and oxygen atoms in total. The van der Waals surface area contributed by atoms with Gasteiger partial charge in [-0.05, 0) is 76.7 Å². The van der Waals surface area contributed by atoms with Gasteiger partial charge in [0.25, 0.3) is 5.91 Å². The van der Waals surface area contributed by atoms with Crippen LogP contribution in [0, 0.1) is 0 Å². The summed E-state index contributed by atoms with van der Waals surface area (Å²) in [5.41, 5.74) is 0.393. The van der Waals surface area contributed by atoms with Gasteiger partial charge in [0.05, 0.1) is 4.90 Å². The van der Waals surface area contributed by atoms with E-state index in [0.717, 1.165) is 45.1 Å². The highest BCUT2D eigenvalue weighted by Crippen LogP contribution is 2.21. The first-order valence-corrected chi connectivity index (χ1v) is 12.6. The van der Waals surface area contributed by atoms with E-state index in [1.165, 1.54) is 31.9 Å². The summed E-state index contributed by atoms with van der Waals surface area (Å²) in [4.78, 5) is 15.2. The van der Waals surface area contributed by atoms with Crippen LogP contribution in [-0.4, -0.2) is 50.9 Å². The zero-order valence-electron chi connectivity index (χ0n) is 17.5. The van der Waals surface area contributed by atoms with Crippen LogP contribution in [0.4, 0.5) is 0 Å². The van der Waals surface area contributed by atoms with Crippen LogP contribution >= 0.6 is 0 Å². The van der Waals surface area contributed by atoms with Gasteiger partial charge in [-0.2, -0.15) is 0 Å². The minimum absolute atomic E-state index is 0.0140. The molecular weight excluding hydrogens is 386 g/mol. The number of likely N-dealkylation sites (tertiary alicyclic amines) is 1. The highest BCUT2D eigenvalue weighted by Gasteiger charge is 2.23. The summed E-state index contributed by atoms with van der Waals surface area (Å²) in [5, 5.41) is 2.93. The molecule has 1 aromatic rings. The number of rotatable bonds is 9. The molecule has 29 heavy (non-hydrogen) atoms. The number of nitrogens with zero attached hydrogens (tertiary/aromatic N) is 1. The first-order chi connectivity index (χ1) is 14.0. The number of piperidine rings is 1. The molecule has 0 bridgehead atoms. The second-order valence-corrected chi connectivity index (χ2v) is 10.2. The lowest BCUT2D eigenvalue weighted by Crippen LogP contribution is -2.38. The van der Waals surface area contributed by atoms with Crippen LogP contribution in [0.25, 0.3) is 0 Å². The number of sulfonamides is 1. The molecule has 1 heterocycles. The Bertz CT molecular complexity index is 775. The van der Waals surface area contributed by atoms with Crippen molar-refractivity contribution >= 4 is 15.9 Å². The molecule has 1 aliphatic heterocycles. The van der Waals surface area contributed by atoms with Gasteiger partial charge in [0.15, 0.2) is 0 Å². The van der Waals surface area contributed by atoms with Crippen LogP contribution in [0.15, 0.2) is 29.2 Å². The molecular formula is C22H35N3O3S. The molecule has 2 N–H and O–H groups in total. The molecule has 7 heteroatoms. The molecule has 1 atom stereocenters. The highest BCUT2D eigenvalue weighted by molar-refractivity contribution is 7.89. The molecule has 1 unspecified atom stereocenters. The van der Waals surface area contributed by atoms with E-state index in [2.05, 4.69) is 21.9 Å². The van der Waals surface area contributed by atoms with E-state index in [0.29, 0.717) is 18.2 Å². The van der Waals surface area contributed by atoms with Gasteiger partial charge in [0, 0.05) is 24.2 Å². The number of nitrogens with one attached hydrogen (secondary N) is 2. The monoisotopic (exact) mass is 421 g/mol. The van der Waals surface area contributed by atoms with Crippen molar-refractivity contribution in [3.05, 3.63) is 29.8 Å². The van der Waals surface area contributed by atoms with Crippen molar-refractivity contribution in [2.45, 2.75) is 81.7 Å². The van der Waals surface area contributed by atoms with E-state index < -0.39 is 10.0 Å². The first kappa shape index (κ1) is 22.2. The number of hydrogen-bond donors (Lipinski definition) is 2. The SMILES string of the molecule is CC1CCCCN1CCCCNC(=O)c1cccc(S(=O)(=O)NC2CCCC2)c1. The Morgan fingerprint density at radius 2 is 1.86 bits per heavy atom. The van der Waals surface area contributed by atoms with E-state index in [-0.39, 0.29) is 16.8 Å². The van der Waals surface area contributed by atoms with Crippen molar-refractivity contribution < 1.29 is 13.2 Å². The summed E-state index contributed by atoms with van der Waals surface area (Å²) in [6, 6.07) is 7.01. The summed E-state index contributed by atoms with van der Waals surface area (Å²) < 4.78 is 28.0. The lowest BCUT2D eigenvalue weighted by Gasteiger charge is -2.33. The fourth-order valence-corrected chi connectivity index (χ4v) is 5.72. The van der Waals surface area contributed by atoms with Gasteiger partial charge in [-0.15, -0.1) is 0 Å². The van der Waals surface area contributed by atoms with Crippen molar-refractivity contribution in [1.29, 1.82) is 0 Å². The average molecular weight is 422 g/mol. The third-order valence-electron chi connectivity index (χ3n) is 6.18. The van der Waals surface area contributed by atoms with Crippen LogP contribution in [0.2, 0.25) is 0 Å². The van der Waals surface area contributed by atoms with Crippen LogP contribution in [0.3, 0.4) is 0 Å². The maximum atomic E-state index is 12.6. The fraction of sp³-hybridized carbons (Fsp3) is 0.682. The maximum Gasteiger partial charge on any atom is 0.251 e. The van der Waals surface area contributed by atoms with Crippen molar-refractivity contribution in [2.75, 3.05) is 19.6 Å². The summed E-state index contributed by atoms with van der Waals surface area (Å²) >= 11 is 0. The Hall–Kier alpha value is -1.44. The summed E-state index contributed by atoms with van der Waals surface area (Å²) in [6.45, 7) is 5.17. The van der Waals surface area contributed by atoms with Gasteiger partial charge >= 0.3 is 0 Å². The van der Waals surface area contributed by atoms with Gasteiger partial charge in [-0.1, -0.05) is 25.3 Å². The number of carbonyl (C=O) groups excluding carboxylic acids is 1. The van der Waals surface area contributed by atoms with Gasteiger partial charge in [-0.3, -0.25) is 4.79 Å². The van der Waals surface area contributed by atoms with Gasteiger partial charge in [0.2, 0.25) is 10.0 Å². The molecule has 2 aliphatic rings. The quantitative estimate of drug-likeness (QED) is 0.600. The molecule has 2 fully saturated rings. The lowest BCUT2D eigenvalue weighted by atomic mass is 10.0. The summed E-state index contributed by atoms with van der Waals surface area (Å²) in [7, 11) is -3.58. The molecule has 3 rings (SSSR count). The van der Waals surface area contributed by atoms with Crippen LogP contribution < -0.4 is 10.0 Å². The van der Waals surface area contributed by atoms with Gasteiger partial charge in [-0.25, -0.2) is 13.1 Å². The predicted octanol–water partition coefficient (Wildman–Crippen LogP) is 3.29. The fourth-order valence-electron chi connectivity index (χ4n) is 4.37. The number of unbranched alkanes of at least 4 members (excludes halogenated alkanes) is 1. The number of benzene rings is 1. The molecule has 1 aliphatic carbocycles. The van der Waals surface area contributed by atoms with Gasteiger partial charge < -0.3 is 10.2 Å². The Balaban J connectivity index is 1.45. The average Bonchev–Trinajstić information content (AvgIpc) is 3.21. The van der Waals surface area contributed by atoms with Crippen molar-refractivity contribution in [2.24, 2.45) is 0 Å². The third-order valence-corrected chi connectivity index (χ3v) is 7.70. The standard InChI is InChI=1S/C22H35N3O3S/c1-18-9-4-6-15-25(18)16-7-5-14-23-22(26)19-10-8-13-21(17-19)29(27,28)24-20-11-2-3-12-20/h8,10,13,17-18,20,24H,2-7,9,11-12,14-16H2,1H3,(H,23,26). The zero-order valence-corrected chi connectivity index (χ0v) is 18.3. The Labute approximate surface area is 175 Å². The van der Waals surface area contributed by atoms with Gasteiger partial charge in [0.1, 0.15) is 0 Å². The largest absolute Gasteiger partial charge is 0.352 e. The molecule has 1 saturated carbocycles. The molecule has 0 aromatic heterocycles. The van der Waals surface area contributed by atoms with Crippen LogP contribution in [0.5, 0.6) is 0 Å². The highest BCUT2D eigenvalue weighted by atomic mass is 32.2. The second-order valence-electron chi connectivity index (χ2n) is 8.47. The minimum Gasteiger partial charge on any atom is -0.352 e. The number of amides is 1. The van der Waals surface area contributed by atoms with Crippen LogP contribution in [0.1, 0.15) is 75.1 Å². The molecule has 0 radical (unpaired) electrons. The van der Waals surface area contributed by atoms with E-state index in [1.54, 1.807) is 18.2 Å². The Morgan fingerprint density at radius 1 is 1.10 bits per heavy atom. The lowest BCUT2D eigenvalue weighted by molar-refractivity contribution is 0.0951. The third kappa shape index (κ3) is 6.52. The van der Waals surface area contributed by atoms with E-state index >= 15 is 0 Å². The first-order valence-electron chi connectivity index (χ1n) is 11.1. The van der Waals surface area contributed by atoms with Crippen molar-refractivity contribution in [3.63, 3.8) is 0 Å². The Kier molecular flexibility index (Phi) is 8.09. The maximum absolute atomic E-state index is 12.6. The normalized spacial score (nSPS) is 21.3. The molecule has 1 aromatic carbocycles. The molecule has 1 saturated heterocycles. The smallest absolute Gasteiger partial charge is 0.251 e. The van der Waals surface area contributed by atoms with E-state index in [1.807, 2.05) is 0 Å². The van der Waals surface area contributed by atoms with Crippen LogP contribution in [-0.2, 0) is 10.0 Å². The number of carbonyl (C=O) groups is 1. The van der Waals surface area contributed by atoms with E-state index in [9.17, 15) is 13.2 Å². The van der Waals surface area contributed by atoms with Crippen molar-refractivity contribution in [3.8, 4) is 0 Å². The molecule has 1 amide bonds. The minimum atomic E-state index is -3.58. The van der Waals surface area contributed by atoms with E-state index in [4.69, 9.17) is 0 Å².